The van der Waals surface area contributed by atoms with Crippen LogP contribution in [-0.4, -0.2) is 36.1 Å². The van der Waals surface area contributed by atoms with Crippen LogP contribution < -0.4 is 5.43 Å². The first-order valence-electron chi connectivity index (χ1n) is 6.50. The van der Waals surface area contributed by atoms with Gasteiger partial charge in [-0.3, -0.25) is 9.48 Å². The second-order valence-electron chi connectivity index (χ2n) is 4.82. The van der Waals surface area contributed by atoms with Crippen LogP contribution >= 0.6 is 22.6 Å². The van der Waals surface area contributed by atoms with Crippen LogP contribution in [0.25, 0.3) is 0 Å². The van der Waals surface area contributed by atoms with Gasteiger partial charge in [0.2, 0.25) is 0 Å². The van der Waals surface area contributed by atoms with E-state index < -0.39 is 10.8 Å². The molecule has 122 valence electrons. The highest BCUT2D eigenvalue weighted by Gasteiger charge is 2.16. The van der Waals surface area contributed by atoms with E-state index in [-0.39, 0.29) is 18.1 Å². The van der Waals surface area contributed by atoms with Crippen LogP contribution in [0, 0.1) is 20.7 Å². The lowest BCUT2D eigenvalue weighted by Crippen LogP contribution is -2.21. The first kappa shape index (κ1) is 17.1. The van der Waals surface area contributed by atoms with Gasteiger partial charge in [-0.2, -0.15) is 14.9 Å². The van der Waals surface area contributed by atoms with Crippen molar-refractivity contribution in [3.8, 4) is 0 Å². The van der Waals surface area contributed by atoms with Gasteiger partial charge in [0, 0.05) is 13.1 Å². The molecule has 0 atom stereocenters. The molecule has 0 aliphatic rings. The number of nitrogens with zero attached hydrogens (tertiary/aromatic N) is 6. The highest BCUT2D eigenvalue weighted by Crippen LogP contribution is 2.10. The molecule has 2 rings (SSSR count). The number of aromatic nitrogens is 4. The van der Waals surface area contributed by atoms with E-state index in [1.165, 1.54) is 10.7 Å². The maximum Gasteiger partial charge on any atom is 0.390 e. The van der Waals surface area contributed by atoms with Gasteiger partial charge in [-0.05, 0) is 41.4 Å². The Bertz CT molecular complexity index is 773. The summed E-state index contributed by atoms with van der Waals surface area (Å²) in [7, 11) is 1.74. The maximum atomic E-state index is 11.9. The highest BCUT2D eigenvalue weighted by molar-refractivity contribution is 14.1. The molecular weight excluding hydrogens is 417 g/mol. The molecule has 0 aromatic carbocycles. The van der Waals surface area contributed by atoms with Crippen LogP contribution in [0.3, 0.4) is 0 Å². The predicted molar refractivity (Wildman–Crippen MR) is 90.1 cm³/mol. The number of amides is 1. The van der Waals surface area contributed by atoms with Crippen LogP contribution in [0.4, 0.5) is 5.82 Å². The van der Waals surface area contributed by atoms with Crippen molar-refractivity contribution in [2.24, 2.45) is 12.1 Å². The molecule has 0 unspecified atom stereocenters. The first-order valence-corrected chi connectivity index (χ1v) is 7.57. The van der Waals surface area contributed by atoms with E-state index in [0.29, 0.717) is 11.4 Å². The molecule has 23 heavy (non-hydrogen) atoms. The Kier molecular flexibility index (Phi) is 5.08. The van der Waals surface area contributed by atoms with Gasteiger partial charge in [-0.25, -0.2) is 5.43 Å². The molecule has 2 aromatic heterocycles. The summed E-state index contributed by atoms with van der Waals surface area (Å²) in [5, 5.41) is 22.6. The summed E-state index contributed by atoms with van der Waals surface area (Å²) in [4.78, 5) is 22.0. The predicted octanol–water partition coefficient (Wildman–Crippen LogP) is 1.24. The van der Waals surface area contributed by atoms with Crippen LogP contribution in [0.2, 0.25) is 0 Å². The smallest absolute Gasteiger partial charge is 0.358 e. The first-order chi connectivity index (χ1) is 10.8. The number of nitrogens with one attached hydrogen (secondary N) is 1. The van der Waals surface area contributed by atoms with Crippen molar-refractivity contribution < 1.29 is 9.72 Å². The van der Waals surface area contributed by atoms with Crippen LogP contribution in [-0.2, 0) is 13.6 Å². The molecule has 11 heteroatoms. The standard InChI is InChI=1S/C12H14IN7O3/c1-7(6-19-8(2)4-11(17-19)20(22)23)14-15-12(21)9-5-10(13)18(3)16-9/h4-5H,6H2,1-3H3,(H,15,21). The summed E-state index contributed by atoms with van der Waals surface area (Å²) in [5.74, 6) is -0.645. The Morgan fingerprint density at radius 3 is 2.70 bits per heavy atom. The average Bonchev–Trinajstić information content (AvgIpc) is 3.00. The van der Waals surface area contributed by atoms with Gasteiger partial charge in [-0.1, -0.05) is 0 Å². The van der Waals surface area contributed by atoms with Crippen LogP contribution in [0.5, 0.6) is 0 Å². The Morgan fingerprint density at radius 2 is 2.17 bits per heavy atom. The van der Waals surface area contributed by atoms with Gasteiger partial charge >= 0.3 is 5.82 Å². The fourth-order valence-electron chi connectivity index (χ4n) is 1.75. The van der Waals surface area contributed by atoms with Crippen molar-refractivity contribution >= 4 is 40.0 Å². The minimum Gasteiger partial charge on any atom is -0.358 e. The number of rotatable bonds is 5. The molecule has 10 nitrogen and oxygen atoms in total. The van der Waals surface area contributed by atoms with Crippen molar-refractivity contribution in [1.82, 2.24) is 25.0 Å². The van der Waals surface area contributed by atoms with Crippen molar-refractivity contribution in [3.05, 3.63) is 37.3 Å². The third kappa shape index (κ3) is 4.12. The molecule has 0 aliphatic carbocycles. The largest absolute Gasteiger partial charge is 0.390 e. The normalized spacial score (nSPS) is 11.6. The molecule has 0 bridgehead atoms. The zero-order valence-electron chi connectivity index (χ0n) is 12.6. The number of aryl methyl sites for hydroxylation is 2. The molecule has 0 saturated heterocycles. The van der Waals surface area contributed by atoms with E-state index in [4.69, 9.17) is 0 Å². The van der Waals surface area contributed by atoms with Crippen molar-refractivity contribution in [3.63, 3.8) is 0 Å². The summed E-state index contributed by atoms with van der Waals surface area (Å²) >= 11 is 2.06. The summed E-state index contributed by atoms with van der Waals surface area (Å²) in [5.41, 5.74) is 3.85. The van der Waals surface area contributed by atoms with Gasteiger partial charge in [0.05, 0.1) is 26.3 Å². The molecule has 2 aromatic rings. The molecule has 0 fully saturated rings. The van der Waals surface area contributed by atoms with E-state index >= 15 is 0 Å². The number of halogens is 1. The van der Waals surface area contributed by atoms with Gasteiger partial charge in [0.15, 0.2) is 5.69 Å². The Balaban J connectivity index is 2.03. The second kappa shape index (κ2) is 6.85. The quantitative estimate of drug-likeness (QED) is 0.331. The minimum absolute atomic E-state index is 0.220. The Hall–Kier alpha value is -2.31. The van der Waals surface area contributed by atoms with Gasteiger partial charge in [-0.15, -0.1) is 0 Å². The van der Waals surface area contributed by atoms with Gasteiger partial charge < -0.3 is 10.1 Å². The summed E-state index contributed by atoms with van der Waals surface area (Å²) in [6.45, 7) is 3.64. The monoisotopic (exact) mass is 431 g/mol. The lowest BCUT2D eigenvalue weighted by molar-refractivity contribution is -0.389. The molecule has 1 amide bonds. The summed E-state index contributed by atoms with van der Waals surface area (Å²) < 4.78 is 3.86. The Morgan fingerprint density at radius 1 is 1.48 bits per heavy atom. The van der Waals surface area contributed by atoms with Gasteiger partial charge in [0.1, 0.15) is 6.54 Å². The zero-order chi connectivity index (χ0) is 17.1. The van der Waals surface area contributed by atoms with E-state index in [1.807, 2.05) is 0 Å². The van der Waals surface area contributed by atoms with Crippen molar-refractivity contribution in [1.29, 1.82) is 0 Å². The van der Waals surface area contributed by atoms with E-state index in [2.05, 4.69) is 43.3 Å². The molecule has 1 N–H and O–H groups in total. The molecule has 0 spiro atoms. The summed E-state index contributed by atoms with van der Waals surface area (Å²) in [6.07, 6.45) is 0. The fourth-order valence-corrected chi connectivity index (χ4v) is 2.16. The minimum atomic E-state index is -0.555. The van der Waals surface area contributed by atoms with E-state index in [0.717, 1.165) is 3.70 Å². The third-order valence-corrected chi connectivity index (χ3v) is 3.95. The number of hydrazone groups is 1. The van der Waals surface area contributed by atoms with Crippen molar-refractivity contribution in [2.45, 2.75) is 20.4 Å². The van der Waals surface area contributed by atoms with Crippen molar-refractivity contribution in [2.75, 3.05) is 0 Å². The average molecular weight is 431 g/mol. The number of carbonyl (C=O) groups is 1. The summed E-state index contributed by atoms with van der Waals surface area (Å²) in [6, 6.07) is 3.02. The van der Waals surface area contributed by atoms with E-state index in [1.54, 1.807) is 31.6 Å². The number of carbonyl (C=O) groups excluding carboxylic acids is 1. The van der Waals surface area contributed by atoms with Gasteiger partial charge in [0.25, 0.3) is 5.91 Å². The van der Waals surface area contributed by atoms with Crippen LogP contribution in [0.1, 0.15) is 23.1 Å². The lowest BCUT2D eigenvalue weighted by Gasteiger charge is -2.01. The second-order valence-corrected chi connectivity index (χ2v) is 5.93. The topological polar surface area (TPSA) is 120 Å². The van der Waals surface area contributed by atoms with Crippen LogP contribution in [0.15, 0.2) is 17.2 Å². The molecule has 0 radical (unpaired) electrons. The molecule has 0 aliphatic heterocycles. The maximum absolute atomic E-state index is 11.9. The zero-order valence-corrected chi connectivity index (χ0v) is 14.8. The van der Waals surface area contributed by atoms with E-state index in [9.17, 15) is 14.9 Å². The lowest BCUT2D eigenvalue weighted by atomic mass is 10.4. The number of hydrogen-bond donors (Lipinski definition) is 1. The highest BCUT2D eigenvalue weighted by atomic mass is 127. The fraction of sp³-hybridized carbons (Fsp3) is 0.333. The number of nitro groups is 1. The third-order valence-electron chi connectivity index (χ3n) is 2.94. The molecule has 0 saturated carbocycles. The Labute approximate surface area is 144 Å². The number of hydrogen-bond acceptors (Lipinski definition) is 6. The SMILES string of the molecule is CC(Cn1nc([N+](=O)[O-])cc1C)=NNC(=O)c1cc(I)n(C)n1. The molecular formula is C12H14IN7O3. The molecule has 2 heterocycles.